The monoisotopic (exact) mass is 698 g/mol. The van der Waals surface area contributed by atoms with Crippen LogP contribution in [-0.2, 0) is 20.0 Å². The number of hydrogen-bond donors (Lipinski definition) is 4. The minimum absolute atomic E-state index is 0.0487. The van der Waals surface area contributed by atoms with Gasteiger partial charge >= 0.3 is 17.1 Å². The normalized spacial score (nSPS) is 11.6. The molecule has 22 nitrogen and oxygen atoms in total. The Kier molecular flexibility index (Phi) is 8.54. The van der Waals surface area contributed by atoms with E-state index in [2.05, 4.69) is 15.0 Å². The Bertz CT molecular complexity index is 2600. The number of aromatic amines is 2. The Hall–Kier alpha value is -6.24. The summed E-state index contributed by atoms with van der Waals surface area (Å²) < 4.78 is 60.2. The van der Waals surface area contributed by atoms with E-state index in [0.717, 1.165) is 12.3 Å². The number of rotatable bonds is 7. The molecule has 0 radical (unpaired) electrons. The number of H-pyrrole nitrogens is 2. The van der Waals surface area contributed by atoms with E-state index in [1.165, 1.54) is 23.0 Å². The molecule has 3 heterocycles. The van der Waals surface area contributed by atoms with Crippen molar-refractivity contribution >= 4 is 53.2 Å². The molecule has 2 aromatic carbocycles. The topological polar surface area (TPSA) is 306 Å². The number of nitro benzene ring substituents is 2. The summed E-state index contributed by atoms with van der Waals surface area (Å²) in [6, 6.07) is 3.46. The number of sulfonamides is 2. The fourth-order valence-electron chi connectivity index (χ4n) is 4.08. The van der Waals surface area contributed by atoms with Gasteiger partial charge < -0.3 is 9.97 Å². The summed E-state index contributed by atoms with van der Waals surface area (Å²) in [6.45, 7) is 1.62. The summed E-state index contributed by atoms with van der Waals surface area (Å²) in [7, 11) is -7.83. The van der Waals surface area contributed by atoms with Crippen molar-refractivity contribution in [2.45, 2.75) is 6.92 Å². The zero-order chi connectivity index (χ0) is 35.2. The summed E-state index contributed by atoms with van der Waals surface area (Å²) in [5.41, 5.74) is -5.99. The third kappa shape index (κ3) is 7.04. The van der Waals surface area contributed by atoms with Crippen LogP contribution in [0, 0.1) is 33.0 Å². The second kappa shape index (κ2) is 11.9. The molecule has 0 atom stereocenters. The van der Waals surface area contributed by atoms with Crippen LogP contribution in [0.15, 0.2) is 55.8 Å². The Balaban J connectivity index is 0.000000218. The van der Waals surface area contributed by atoms with Gasteiger partial charge in [0.15, 0.2) is 0 Å². The van der Waals surface area contributed by atoms with E-state index in [1.807, 2.05) is 0 Å². The van der Waals surface area contributed by atoms with Gasteiger partial charge in [0, 0.05) is 24.5 Å². The number of aromatic nitrogens is 6. The average Bonchev–Trinajstić information content (AvgIpc) is 3.37. The van der Waals surface area contributed by atoms with Crippen LogP contribution in [0.2, 0.25) is 0 Å². The minimum atomic E-state index is -3.93. The van der Waals surface area contributed by atoms with E-state index in [9.17, 15) is 60.6 Å². The lowest BCUT2D eigenvalue weighted by Crippen LogP contribution is -2.43. The summed E-state index contributed by atoms with van der Waals surface area (Å²) in [6.07, 6.45) is 4.39. The van der Waals surface area contributed by atoms with E-state index in [4.69, 9.17) is 0 Å². The van der Waals surface area contributed by atoms with Gasteiger partial charge in [0.25, 0.3) is 16.8 Å². The zero-order valence-electron chi connectivity index (χ0n) is 23.7. The number of fused-ring (bicyclic) bond motifs is 2. The van der Waals surface area contributed by atoms with Gasteiger partial charge in [-0.15, -0.1) is 0 Å². The molecule has 4 N–H and O–H groups in total. The van der Waals surface area contributed by atoms with Crippen molar-refractivity contribution in [3.63, 3.8) is 0 Å². The second-order valence-electron chi connectivity index (χ2n) is 9.46. The van der Waals surface area contributed by atoms with Crippen LogP contribution in [0.4, 0.5) is 15.8 Å². The van der Waals surface area contributed by atoms with Gasteiger partial charge in [0.1, 0.15) is 11.5 Å². The molecule has 0 saturated carbocycles. The Labute approximate surface area is 258 Å². The van der Waals surface area contributed by atoms with Crippen molar-refractivity contribution in [3.05, 3.63) is 110 Å². The van der Waals surface area contributed by atoms with E-state index < -0.39 is 69.3 Å². The van der Waals surface area contributed by atoms with Crippen LogP contribution in [0.3, 0.4) is 0 Å². The molecule has 0 aliphatic rings. The molecule has 0 aliphatic carbocycles. The molecule has 0 saturated heterocycles. The van der Waals surface area contributed by atoms with Crippen molar-refractivity contribution < 1.29 is 31.1 Å². The van der Waals surface area contributed by atoms with Crippen LogP contribution in [0.1, 0.15) is 5.82 Å². The maximum absolute atomic E-state index is 13.5. The number of nitrogens with one attached hydrogen (secondary N) is 4. The predicted octanol–water partition coefficient (Wildman–Crippen LogP) is -1.16. The third-order valence-electron chi connectivity index (χ3n) is 5.95. The van der Waals surface area contributed by atoms with Crippen LogP contribution in [0.25, 0.3) is 27.5 Å². The highest BCUT2D eigenvalue weighted by Crippen LogP contribution is 2.27. The predicted molar refractivity (Wildman–Crippen MR) is 161 cm³/mol. The van der Waals surface area contributed by atoms with Crippen LogP contribution >= 0.6 is 0 Å². The summed E-state index contributed by atoms with van der Waals surface area (Å²) >= 11 is 0. The minimum Gasteiger partial charge on any atom is -0.305 e. The largest absolute Gasteiger partial charge is 0.348 e. The molecule has 0 bridgehead atoms. The van der Waals surface area contributed by atoms with Gasteiger partial charge in [-0.25, -0.2) is 41.1 Å². The number of nitrogens with zero attached hydrogens (tertiary/aromatic N) is 6. The van der Waals surface area contributed by atoms with Gasteiger partial charge in [-0.3, -0.25) is 34.4 Å². The molecular weight excluding hydrogens is 679 g/mol. The van der Waals surface area contributed by atoms with Gasteiger partial charge in [0.05, 0.1) is 44.2 Å². The van der Waals surface area contributed by atoms with Crippen LogP contribution in [-0.4, -0.2) is 68.1 Å². The lowest BCUT2D eigenvalue weighted by molar-refractivity contribution is -0.387. The molecule has 25 heteroatoms. The van der Waals surface area contributed by atoms with E-state index in [0.29, 0.717) is 24.2 Å². The first kappa shape index (κ1) is 33.6. The number of imidazole rings is 1. The molecule has 3 aromatic heterocycles. The first-order valence-corrected chi connectivity index (χ1v) is 16.0. The Morgan fingerprint density at radius 3 is 1.64 bits per heavy atom. The smallest absolute Gasteiger partial charge is 0.305 e. The molecule has 5 rings (SSSR count). The number of hydrogen-bond acceptors (Lipinski definition) is 13. The Morgan fingerprint density at radius 1 is 0.787 bits per heavy atom. The average molecular weight is 699 g/mol. The second-order valence-corrected chi connectivity index (χ2v) is 12.9. The summed E-state index contributed by atoms with van der Waals surface area (Å²) in [5.74, 6) is -0.853. The lowest BCUT2D eigenvalue weighted by Gasteiger charge is -2.10. The maximum Gasteiger partial charge on any atom is 0.348 e. The van der Waals surface area contributed by atoms with Crippen LogP contribution in [0.5, 0.6) is 0 Å². The van der Waals surface area contributed by atoms with Gasteiger partial charge in [0.2, 0.25) is 25.9 Å². The van der Waals surface area contributed by atoms with Crippen LogP contribution < -0.4 is 32.2 Å². The first-order chi connectivity index (χ1) is 21.7. The van der Waals surface area contributed by atoms with Gasteiger partial charge in [-0.05, 0) is 19.1 Å². The Morgan fingerprint density at radius 2 is 1.23 bits per heavy atom. The zero-order valence-corrected chi connectivity index (χ0v) is 25.4. The molecular formula is C22H19FN10O12S2. The molecule has 0 fully saturated rings. The molecule has 0 amide bonds. The molecule has 5 aromatic rings. The highest BCUT2D eigenvalue weighted by Gasteiger charge is 2.22. The van der Waals surface area contributed by atoms with E-state index >= 15 is 0 Å². The van der Waals surface area contributed by atoms with Crippen molar-refractivity contribution in [1.82, 2.24) is 28.9 Å². The highest BCUT2D eigenvalue weighted by molar-refractivity contribution is 7.91. The van der Waals surface area contributed by atoms with Crippen molar-refractivity contribution in [1.29, 1.82) is 0 Å². The summed E-state index contributed by atoms with van der Waals surface area (Å²) in [4.78, 5) is 80.1. The molecule has 0 unspecified atom stereocenters. The number of benzene rings is 2. The molecule has 0 aliphatic heterocycles. The SMILES string of the molecule is CS(=O)(=O)Nn1c(=O)[nH]c2cc([N+](=O)[O-])c(F)cc2c1=O.Cc1nccn1-c1cc2c(=O)n(NS(C)(=O)=O)c(=O)[nH]c2cc1[N+](=O)[O-]. The third-order valence-corrected chi connectivity index (χ3v) is 6.98. The van der Waals surface area contributed by atoms with E-state index in [-0.39, 0.29) is 37.1 Å². The molecule has 0 spiro atoms. The standard InChI is InChI=1S/C13H12N6O6S.C9H7FN4O6S/c1-7-14-3-4-17(7)10-5-8-9(6-11(10)19(22)23)15-13(21)18(12(8)20)16-26(2,24)25;1-21(19,20)12-13-8(15)4-2-5(10)7(14(17)18)3-6(4)11-9(13)16/h3-6,16H,1-2H3,(H,15,21);2-3,12H,1H3,(H,11,16). The quantitative estimate of drug-likeness (QED) is 0.115. The van der Waals surface area contributed by atoms with Gasteiger partial charge in [-0.1, -0.05) is 0 Å². The summed E-state index contributed by atoms with van der Waals surface area (Å²) in [5, 5.41) is 21.5. The maximum atomic E-state index is 13.5. The number of halogens is 1. The van der Waals surface area contributed by atoms with E-state index in [1.54, 1.807) is 16.6 Å². The lowest BCUT2D eigenvalue weighted by atomic mass is 10.2. The van der Waals surface area contributed by atoms with Crippen molar-refractivity contribution in [3.8, 4) is 5.69 Å². The first-order valence-electron chi connectivity index (χ1n) is 12.2. The van der Waals surface area contributed by atoms with Crippen molar-refractivity contribution in [2.75, 3.05) is 22.2 Å². The molecule has 47 heavy (non-hydrogen) atoms. The number of nitro groups is 2. The molecule has 248 valence electrons. The fraction of sp³-hybridized carbons (Fsp3) is 0.136. The highest BCUT2D eigenvalue weighted by atomic mass is 32.2. The fourth-order valence-corrected chi connectivity index (χ4v) is 5.07. The van der Waals surface area contributed by atoms with Gasteiger partial charge in [-0.2, -0.15) is 13.7 Å². The van der Waals surface area contributed by atoms with Crippen molar-refractivity contribution in [2.24, 2.45) is 0 Å². The number of aryl methyl sites for hydroxylation is 1.